The summed E-state index contributed by atoms with van der Waals surface area (Å²) in [5, 5.41) is 1.11. The second-order valence-corrected chi connectivity index (χ2v) is 4.72. The molecule has 0 fully saturated rings. The second kappa shape index (κ2) is 5.70. The van der Waals surface area contributed by atoms with Gasteiger partial charge in [-0.3, -0.25) is 9.97 Å². The van der Waals surface area contributed by atoms with Crippen LogP contribution in [0.2, 0.25) is 0 Å². The molecule has 0 bridgehead atoms. The van der Waals surface area contributed by atoms with Crippen molar-refractivity contribution >= 4 is 10.9 Å². The van der Waals surface area contributed by atoms with Crippen molar-refractivity contribution in [3.8, 4) is 5.75 Å². The van der Waals surface area contributed by atoms with Crippen LogP contribution in [-0.4, -0.2) is 17.1 Å². The molecule has 3 heteroatoms. The van der Waals surface area contributed by atoms with Crippen molar-refractivity contribution in [2.24, 2.45) is 0 Å². The molecule has 0 N–H and O–H groups in total. The number of nitrogens with zero attached hydrogens (tertiary/aromatic N) is 2. The van der Waals surface area contributed by atoms with E-state index in [-0.39, 0.29) is 0 Å². The lowest BCUT2D eigenvalue weighted by Crippen LogP contribution is -1.95. The summed E-state index contributed by atoms with van der Waals surface area (Å²) in [5.41, 5.74) is 3.35. The first-order chi connectivity index (χ1) is 9.85. The third-order valence-electron chi connectivity index (χ3n) is 3.35. The highest BCUT2D eigenvalue weighted by Crippen LogP contribution is 2.20. The maximum atomic E-state index is 5.22. The molecule has 3 aromatic rings. The standard InChI is InChI=1S/C17H16N2O/c1-20-16-8-9-17-14(11-16)5-7-15(19-17)6-4-13-3-2-10-18-12-13/h2-3,5,7-12H,4,6H2,1H3. The monoisotopic (exact) mass is 264 g/mol. The average molecular weight is 264 g/mol. The van der Waals surface area contributed by atoms with Crippen LogP contribution in [0.5, 0.6) is 5.75 Å². The number of hydrogen-bond donors (Lipinski definition) is 0. The van der Waals surface area contributed by atoms with E-state index in [1.165, 1.54) is 5.56 Å². The summed E-state index contributed by atoms with van der Waals surface area (Å²) in [5.74, 6) is 0.863. The van der Waals surface area contributed by atoms with Crippen molar-refractivity contribution in [3.63, 3.8) is 0 Å². The number of fused-ring (bicyclic) bond motifs is 1. The Hall–Kier alpha value is -2.42. The highest BCUT2D eigenvalue weighted by molar-refractivity contribution is 5.80. The number of methoxy groups -OCH3 is 1. The summed E-state index contributed by atoms with van der Waals surface area (Å²) >= 11 is 0. The van der Waals surface area contributed by atoms with Crippen molar-refractivity contribution in [2.75, 3.05) is 7.11 Å². The Bertz CT molecular complexity index is 711. The largest absolute Gasteiger partial charge is 0.497 e. The van der Waals surface area contributed by atoms with Gasteiger partial charge in [0.2, 0.25) is 0 Å². The van der Waals surface area contributed by atoms with Crippen molar-refractivity contribution in [3.05, 3.63) is 66.1 Å². The van der Waals surface area contributed by atoms with Crippen LogP contribution < -0.4 is 4.74 Å². The molecular formula is C17H16N2O. The SMILES string of the molecule is COc1ccc2nc(CCc3cccnc3)ccc2c1. The third-order valence-corrected chi connectivity index (χ3v) is 3.35. The Balaban J connectivity index is 1.79. The van der Waals surface area contributed by atoms with Gasteiger partial charge in [-0.05, 0) is 48.7 Å². The quantitative estimate of drug-likeness (QED) is 0.724. The van der Waals surface area contributed by atoms with Gasteiger partial charge in [-0.1, -0.05) is 12.1 Å². The average Bonchev–Trinajstić information content (AvgIpc) is 2.53. The van der Waals surface area contributed by atoms with Gasteiger partial charge in [0, 0.05) is 23.5 Å². The number of ether oxygens (including phenoxy) is 1. The molecule has 0 amide bonds. The molecule has 0 aliphatic rings. The first-order valence-corrected chi connectivity index (χ1v) is 6.68. The van der Waals surface area contributed by atoms with E-state index in [0.717, 1.165) is 35.2 Å². The van der Waals surface area contributed by atoms with Crippen LogP contribution in [-0.2, 0) is 12.8 Å². The number of hydrogen-bond acceptors (Lipinski definition) is 3. The maximum absolute atomic E-state index is 5.22. The van der Waals surface area contributed by atoms with Crippen LogP contribution in [0, 0.1) is 0 Å². The fourth-order valence-corrected chi connectivity index (χ4v) is 2.23. The van der Waals surface area contributed by atoms with E-state index in [1.807, 2.05) is 30.5 Å². The summed E-state index contributed by atoms with van der Waals surface area (Å²) in [4.78, 5) is 8.82. The molecule has 3 nitrogen and oxygen atoms in total. The van der Waals surface area contributed by atoms with E-state index >= 15 is 0 Å². The molecule has 0 unspecified atom stereocenters. The summed E-state index contributed by atoms with van der Waals surface area (Å²) in [6.07, 6.45) is 5.59. The number of benzene rings is 1. The lowest BCUT2D eigenvalue weighted by Gasteiger charge is -2.05. The highest BCUT2D eigenvalue weighted by Gasteiger charge is 2.01. The molecule has 0 saturated carbocycles. The molecule has 0 aliphatic carbocycles. The van der Waals surface area contributed by atoms with Crippen LogP contribution >= 0.6 is 0 Å². The number of aryl methyl sites for hydroxylation is 2. The normalized spacial score (nSPS) is 10.7. The Morgan fingerprint density at radius 3 is 2.80 bits per heavy atom. The van der Waals surface area contributed by atoms with Gasteiger partial charge in [0.1, 0.15) is 5.75 Å². The molecular weight excluding hydrogens is 248 g/mol. The van der Waals surface area contributed by atoms with E-state index in [0.29, 0.717) is 0 Å². The molecule has 20 heavy (non-hydrogen) atoms. The lowest BCUT2D eigenvalue weighted by molar-refractivity contribution is 0.415. The zero-order valence-electron chi connectivity index (χ0n) is 11.4. The van der Waals surface area contributed by atoms with E-state index in [4.69, 9.17) is 4.74 Å². The molecule has 3 rings (SSSR count). The van der Waals surface area contributed by atoms with Gasteiger partial charge in [-0.15, -0.1) is 0 Å². The molecule has 2 aromatic heterocycles. The van der Waals surface area contributed by atoms with Crippen molar-refractivity contribution in [1.29, 1.82) is 0 Å². The predicted octanol–water partition coefficient (Wildman–Crippen LogP) is 3.42. The minimum atomic E-state index is 0.863. The fourth-order valence-electron chi connectivity index (χ4n) is 2.23. The second-order valence-electron chi connectivity index (χ2n) is 4.72. The summed E-state index contributed by atoms with van der Waals surface area (Å²) < 4.78 is 5.22. The Kier molecular flexibility index (Phi) is 3.59. The molecule has 0 spiro atoms. The topological polar surface area (TPSA) is 35.0 Å². The van der Waals surface area contributed by atoms with Gasteiger partial charge in [0.15, 0.2) is 0 Å². The summed E-state index contributed by atoms with van der Waals surface area (Å²) in [7, 11) is 1.68. The summed E-state index contributed by atoms with van der Waals surface area (Å²) in [6.45, 7) is 0. The Labute approximate surface area is 118 Å². The smallest absolute Gasteiger partial charge is 0.119 e. The zero-order chi connectivity index (χ0) is 13.8. The van der Waals surface area contributed by atoms with Gasteiger partial charge < -0.3 is 4.74 Å². The molecule has 0 aliphatic heterocycles. The molecule has 0 atom stereocenters. The maximum Gasteiger partial charge on any atom is 0.119 e. The number of aromatic nitrogens is 2. The first kappa shape index (κ1) is 12.6. The number of rotatable bonds is 4. The zero-order valence-corrected chi connectivity index (χ0v) is 11.4. The van der Waals surface area contributed by atoms with Crippen LogP contribution in [0.1, 0.15) is 11.3 Å². The van der Waals surface area contributed by atoms with Crippen LogP contribution in [0.25, 0.3) is 10.9 Å². The van der Waals surface area contributed by atoms with E-state index in [2.05, 4.69) is 28.2 Å². The third kappa shape index (κ3) is 2.77. The first-order valence-electron chi connectivity index (χ1n) is 6.68. The predicted molar refractivity (Wildman–Crippen MR) is 79.9 cm³/mol. The molecule has 100 valence electrons. The van der Waals surface area contributed by atoms with E-state index in [1.54, 1.807) is 13.3 Å². The van der Waals surface area contributed by atoms with Crippen molar-refractivity contribution in [2.45, 2.75) is 12.8 Å². The molecule has 0 radical (unpaired) electrons. The van der Waals surface area contributed by atoms with Gasteiger partial charge in [0.05, 0.1) is 12.6 Å². The molecule has 0 saturated heterocycles. The minimum Gasteiger partial charge on any atom is -0.497 e. The highest BCUT2D eigenvalue weighted by atomic mass is 16.5. The fraction of sp³-hybridized carbons (Fsp3) is 0.176. The Morgan fingerprint density at radius 2 is 2.00 bits per heavy atom. The summed E-state index contributed by atoms with van der Waals surface area (Å²) in [6, 6.07) is 14.2. The Morgan fingerprint density at radius 1 is 1.05 bits per heavy atom. The van der Waals surface area contributed by atoms with E-state index < -0.39 is 0 Å². The van der Waals surface area contributed by atoms with Gasteiger partial charge in [0.25, 0.3) is 0 Å². The minimum absolute atomic E-state index is 0.863. The van der Waals surface area contributed by atoms with Crippen molar-refractivity contribution in [1.82, 2.24) is 9.97 Å². The van der Waals surface area contributed by atoms with Gasteiger partial charge in [-0.25, -0.2) is 0 Å². The number of pyridine rings is 2. The van der Waals surface area contributed by atoms with Crippen LogP contribution in [0.3, 0.4) is 0 Å². The lowest BCUT2D eigenvalue weighted by atomic mass is 10.1. The van der Waals surface area contributed by atoms with E-state index in [9.17, 15) is 0 Å². The van der Waals surface area contributed by atoms with Crippen LogP contribution in [0.15, 0.2) is 54.9 Å². The molecule has 1 aromatic carbocycles. The van der Waals surface area contributed by atoms with Gasteiger partial charge >= 0.3 is 0 Å². The van der Waals surface area contributed by atoms with Crippen molar-refractivity contribution < 1.29 is 4.74 Å². The van der Waals surface area contributed by atoms with Crippen LogP contribution in [0.4, 0.5) is 0 Å². The molecule has 2 heterocycles. The van der Waals surface area contributed by atoms with Gasteiger partial charge in [-0.2, -0.15) is 0 Å².